The maximum atomic E-state index is 14.6. The van der Waals surface area contributed by atoms with E-state index in [4.69, 9.17) is 0 Å². The van der Waals surface area contributed by atoms with Crippen molar-refractivity contribution in [1.82, 2.24) is 8.87 Å². The van der Waals surface area contributed by atoms with Crippen LogP contribution in [0, 0.1) is 11.7 Å². The number of nitrogens with zero attached hydrogens (tertiary/aromatic N) is 2. The van der Waals surface area contributed by atoms with Crippen LogP contribution in [0.3, 0.4) is 0 Å². The van der Waals surface area contributed by atoms with Crippen LogP contribution in [0.15, 0.2) is 59.5 Å². The number of hydrogen-bond acceptors (Lipinski definition) is 6. The number of carboxylic acid groups (broad SMARTS) is 1. The molecule has 1 saturated heterocycles. The summed E-state index contributed by atoms with van der Waals surface area (Å²) < 4.78 is 46.6. The Kier molecular flexibility index (Phi) is 12.6. The maximum absolute atomic E-state index is 14.6. The normalized spacial score (nSPS) is 16.2. The van der Waals surface area contributed by atoms with Gasteiger partial charge in [-0.1, -0.05) is 51.1 Å². The summed E-state index contributed by atoms with van der Waals surface area (Å²) in [6.07, 6.45) is -1.42. The largest absolute Gasteiger partial charge is 1.00 e. The summed E-state index contributed by atoms with van der Waals surface area (Å²) in [5.74, 6) is -1.64. The van der Waals surface area contributed by atoms with Crippen molar-refractivity contribution >= 4 is 16.0 Å². The fourth-order valence-corrected chi connectivity index (χ4v) is 7.83. The van der Waals surface area contributed by atoms with E-state index in [1.807, 2.05) is 48.7 Å². The third-order valence-corrected chi connectivity index (χ3v) is 9.93. The van der Waals surface area contributed by atoms with Gasteiger partial charge in [-0.3, -0.25) is 0 Å². The molecule has 0 spiro atoms. The quantitative estimate of drug-likeness (QED) is 0.293. The van der Waals surface area contributed by atoms with Crippen LogP contribution >= 0.6 is 0 Å². The number of aromatic nitrogens is 1. The number of carboxylic acids is 1. The number of piperidine rings is 1. The zero-order chi connectivity index (χ0) is 30.6. The first-order valence-corrected chi connectivity index (χ1v) is 16.0. The number of sulfonamides is 1. The van der Waals surface area contributed by atoms with Crippen molar-refractivity contribution in [3.8, 4) is 22.4 Å². The minimum Gasteiger partial charge on any atom is -0.550 e. The van der Waals surface area contributed by atoms with Gasteiger partial charge >= 0.3 is 29.6 Å². The Balaban J connectivity index is 0.00000506. The molecule has 0 unspecified atom stereocenters. The number of carbonyl (C=O) groups is 1. The van der Waals surface area contributed by atoms with Crippen LogP contribution in [0.2, 0.25) is 0 Å². The summed E-state index contributed by atoms with van der Waals surface area (Å²) in [4.78, 5) is 11.1. The van der Waals surface area contributed by atoms with Gasteiger partial charge in [0, 0.05) is 43.3 Å². The molecular formula is C32H40FN2NaO6S. The van der Waals surface area contributed by atoms with Crippen LogP contribution in [0.1, 0.15) is 64.5 Å². The van der Waals surface area contributed by atoms with E-state index >= 15 is 0 Å². The van der Waals surface area contributed by atoms with Crippen molar-refractivity contribution in [1.29, 1.82) is 0 Å². The molecule has 228 valence electrons. The summed E-state index contributed by atoms with van der Waals surface area (Å²) in [6.45, 7) is 6.99. The van der Waals surface area contributed by atoms with Crippen LogP contribution < -0.4 is 34.7 Å². The van der Waals surface area contributed by atoms with Crippen LogP contribution in [0.25, 0.3) is 22.4 Å². The smallest absolute Gasteiger partial charge is 0.550 e. The summed E-state index contributed by atoms with van der Waals surface area (Å²) in [7, 11) is -3.97. The topological polar surface area (TPSA) is 123 Å². The fourth-order valence-electron chi connectivity index (χ4n) is 5.80. The van der Waals surface area contributed by atoms with Crippen molar-refractivity contribution in [2.24, 2.45) is 5.92 Å². The SMILES string of the molecule is CC1CCN(S(=O)(=O)c2c(-c3ccccc3)c(-c3ccc(F)cc3)n(CC[C@@H](O)C[C@@H](O)CC(=O)[O-])c2C(C)C)CC1.[Na+]. The molecule has 2 aromatic carbocycles. The van der Waals surface area contributed by atoms with Gasteiger partial charge < -0.3 is 24.7 Å². The number of hydrogen-bond donors (Lipinski definition) is 2. The van der Waals surface area contributed by atoms with Gasteiger partial charge in [0.15, 0.2) is 0 Å². The fraction of sp³-hybridized carbons (Fsp3) is 0.469. The van der Waals surface area contributed by atoms with Crippen molar-refractivity contribution in [3.05, 3.63) is 66.1 Å². The van der Waals surface area contributed by atoms with Crippen LogP contribution in [-0.2, 0) is 21.4 Å². The summed E-state index contributed by atoms with van der Waals surface area (Å²) >= 11 is 0. The first kappa shape index (κ1) is 35.4. The number of carbonyl (C=O) groups excluding carboxylic acids is 1. The molecule has 2 atom stereocenters. The molecule has 0 amide bonds. The molecule has 1 aromatic heterocycles. The Bertz CT molecular complexity index is 1470. The van der Waals surface area contributed by atoms with Crippen LogP contribution in [0.5, 0.6) is 0 Å². The molecule has 1 aliphatic rings. The monoisotopic (exact) mass is 622 g/mol. The Morgan fingerprint density at radius 2 is 1.60 bits per heavy atom. The summed E-state index contributed by atoms with van der Waals surface area (Å²) in [5.41, 5.74) is 3.02. The van der Waals surface area contributed by atoms with E-state index in [2.05, 4.69) is 6.92 Å². The average molecular weight is 623 g/mol. The number of rotatable bonds is 12. The third kappa shape index (κ3) is 8.36. The van der Waals surface area contributed by atoms with Crippen LogP contribution in [0.4, 0.5) is 4.39 Å². The second-order valence-corrected chi connectivity index (χ2v) is 13.5. The van der Waals surface area contributed by atoms with Gasteiger partial charge in [-0.05, 0) is 72.9 Å². The van der Waals surface area contributed by atoms with Crippen molar-refractivity contribution in [2.45, 2.75) is 82.4 Å². The molecule has 1 fully saturated rings. The molecule has 3 aromatic rings. The van der Waals surface area contributed by atoms with E-state index in [1.165, 1.54) is 12.1 Å². The van der Waals surface area contributed by atoms with E-state index in [-0.39, 0.29) is 59.8 Å². The molecule has 0 radical (unpaired) electrons. The molecule has 1 aliphatic heterocycles. The number of halogens is 1. The first-order valence-electron chi connectivity index (χ1n) is 14.5. The molecule has 11 heteroatoms. The van der Waals surface area contributed by atoms with Crippen molar-refractivity contribution < 1.29 is 62.5 Å². The number of aliphatic carboxylic acids is 1. The Morgan fingerprint density at radius 1 is 1.00 bits per heavy atom. The second-order valence-electron chi connectivity index (χ2n) is 11.6. The van der Waals surface area contributed by atoms with Gasteiger partial charge in [-0.2, -0.15) is 4.31 Å². The molecule has 0 saturated carbocycles. The molecule has 0 bridgehead atoms. The molecule has 43 heavy (non-hydrogen) atoms. The summed E-state index contributed by atoms with van der Waals surface area (Å²) in [6, 6.07) is 15.2. The van der Waals surface area contributed by atoms with Gasteiger partial charge in [0.1, 0.15) is 10.7 Å². The summed E-state index contributed by atoms with van der Waals surface area (Å²) in [5, 5.41) is 31.7. The Labute approximate surface area is 275 Å². The maximum Gasteiger partial charge on any atom is 1.00 e. The predicted octanol–water partition coefficient (Wildman–Crippen LogP) is 1.15. The molecule has 2 heterocycles. The Morgan fingerprint density at radius 3 is 2.16 bits per heavy atom. The molecular weight excluding hydrogens is 582 g/mol. The minimum atomic E-state index is -3.97. The zero-order valence-corrected chi connectivity index (χ0v) is 28.2. The molecule has 4 rings (SSSR count). The zero-order valence-electron chi connectivity index (χ0n) is 25.4. The van der Waals surface area contributed by atoms with Crippen molar-refractivity contribution in [3.63, 3.8) is 0 Å². The standard InChI is InChI=1S/C32H41FN2O6S.Na/c1-21(2)30-32(42(40,41)34-16-13-22(3)14-17-34)29(23-7-5-4-6-8-23)31(24-9-11-25(33)12-10-24)35(30)18-15-26(36)19-27(37)20-28(38)39;/h4-12,21-22,26-27,36-37H,13-20H2,1-3H3,(H,38,39);/q;+1/p-1/t26-,27-;/m1./s1. The van der Waals surface area contributed by atoms with Gasteiger partial charge in [-0.25, -0.2) is 12.8 Å². The third-order valence-electron chi connectivity index (χ3n) is 7.96. The van der Waals surface area contributed by atoms with Gasteiger partial charge in [0.25, 0.3) is 0 Å². The van der Waals surface area contributed by atoms with Gasteiger partial charge in [-0.15, -0.1) is 0 Å². The van der Waals surface area contributed by atoms with E-state index in [0.717, 1.165) is 12.8 Å². The molecule has 0 aliphatic carbocycles. The number of aliphatic hydroxyl groups excluding tert-OH is 2. The molecule has 8 nitrogen and oxygen atoms in total. The number of aliphatic hydroxyl groups is 2. The molecule has 2 N–H and O–H groups in total. The van der Waals surface area contributed by atoms with E-state index < -0.39 is 40.4 Å². The number of benzene rings is 2. The minimum absolute atomic E-state index is 0. The predicted molar refractivity (Wildman–Crippen MR) is 157 cm³/mol. The van der Waals surface area contributed by atoms with Crippen LogP contribution in [-0.4, -0.2) is 58.8 Å². The van der Waals surface area contributed by atoms with E-state index in [1.54, 1.807) is 16.4 Å². The first-order chi connectivity index (χ1) is 19.9. The van der Waals surface area contributed by atoms with Gasteiger partial charge in [0.2, 0.25) is 10.0 Å². The second kappa shape index (κ2) is 15.3. The van der Waals surface area contributed by atoms with E-state index in [0.29, 0.717) is 47.1 Å². The van der Waals surface area contributed by atoms with Gasteiger partial charge in [0.05, 0.1) is 17.9 Å². The Hall–Kier alpha value is -2.05. The van der Waals surface area contributed by atoms with E-state index in [9.17, 15) is 32.9 Å². The van der Waals surface area contributed by atoms with Crippen molar-refractivity contribution in [2.75, 3.05) is 13.1 Å². The average Bonchev–Trinajstić information content (AvgIpc) is 3.29.